The average Bonchev–Trinajstić information content (AvgIpc) is 3.45. The van der Waals surface area contributed by atoms with Crippen LogP contribution in [0, 0.1) is 12.7 Å². The monoisotopic (exact) mass is 539 g/mol. The van der Waals surface area contributed by atoms with Gasteiger partial charge in [0.15, 0.2) is 11.5 Å². The van der Waals surface area contributed by atoms with Gasteiger partial charge in [-0.2, -0.15) is 5.10 Å². The van der Waals surface area contributed by atoms with Crippen molar-refractivity contribution >= 4 is 39.9 Å². The van der Waals surface area contributed by atoms with Crippen LogP contribution in [-0.2, 0) is 11.3 Å². The number of aryl methyl sites for hydroxylation is 2. The normalized spacial score (nSPS) is 14.3. The molecular weight excluding hydrogens is 508 g/mol. The van der Waals surface area contributed by atoms with E-state index in [2.05, 4.69) is 20.3 Å². The molecule has 10 nitrogen and oxygen atoms in total. The number of nitrogens with zero attached hydrogens (tertiary/aromatic N) is 6. The van der Waals surface area contributed by atoms with Crippen molar-refractivity contribution < 1.29 is 23.1 Å². The Morgan fingerprint density at radius 1 is 1.10 bits per heavy atom. The summed E-state index contributed by atoms with van der Waals surface area (Å²) in [6.07, 6.45) is 4.63. The number of fused-ring (bicyclic) bond motifs is 2. The Balaban J connectivity index is 1.40. The molecule has 1 saturated heterocycles. The van der Waals surface area contributed by atoms with Crippen LogP contribution in [-0.4, -0.2) is 74.5 Å². The van der Waals surface area contributed by atoms with Crippen LogP contribution in [0.4, 0.5) is 25.0 Å². The number of rotatable bonds is 5. The molecule has 0 saturated carbocycles. The molecule has 0 radical (unpaired) electrons. The Bertz CT molecular complexity index is 1550. The van der Waals surface area contributed by atoms with Gasteiger partial charge in [0.1, 0.15) is 17.8 Å². The topological polar surface area (TPSA) is 97.0 Å². The number of pyridine rings is 1. The van der Waals surface area contributed by atoms with Crippen molar-refractivity contribution in [1.29, 1.82) is 0 Å². The molecule has 1 fully saturated rings. The van der Waals surface area contributed by atoms with E-state index in [1.54, 1.807) is 36.5 Å². The summed E-state index contributed by atoms with van der Waals surface area (Å²) in [4.78, 5) is 33.7. The number of nitrogens with one attached hydrogen (secondary N) is 1. The molecule has 206 valence electrons. The second-order valence-corrected chi connectivity index (χ2v) is 10.6. The molecule has 1 aliphatic heterocycles. The van der Waals surface area contributed by atoms with E-state index in [-0.39, 0.29) is 29.5 Å². The SMILES string of the molecule is Cc1cn2cc(NC(=O)c3ccc(N4CCN(C(=O)OC(C)(C)C)CC4)c4cn(CCF)nc34)cc(F)c2n1. The Kier molecular flexibility index (Phi) is 6.87. The van der Waals surface area contributed by atoms with Gasteiger partial charge in [0.2, 0.25) is 0 Å². The van der Waals surface area contributed by atoms with E-state index >= 15 is 0 Å². The van der Waals surface area contributed by atoms with Crippen molar-refractivity contribution in [3.63, 3.8) is 0 Å². The van der Waals surface area contributed by atoms with Gasteiger partial charge in [-0.05, 0) is 39.8 Å². The summed E-state index contributed by atoms with van der Waals surface area (Å²) in [7, 11) is 0. The maximum Gasteiger partial charge on any atom is 0.410 e. The van der Waals surface area contributed by atoms with Crippen LogP contribution < -0.4 is 10.2 Å². The molecule has 0 unspecified atom stereocenters. The number of anilines is 2. The Labute approximate surface area is 224 Å². The van der Waals surface area contributed by atoms with E-state index < -0.39 is 24.0 Å². The number of benzene rings is 1. The molecule has 3 aromatic heterocycles. The predicted octanol–water partition coefficient (Wildman–Crippen LogP) is 4.41. The number of imidazole rings is 1. The minimum Gasteiger partial charge on any atom is -0.444 e. The number of aromatic nitrogens is 4. The lowest BCUT2D eigenvalue weighted by Crippen LogP contribution is -2.50. The van der Waals surface area contributed by atoms with E-state index in [4.69, 9.17) is 4.74 Å². The molecule has 0 aliphatic carbocycles. The molecule has 4 heterocycles. The zero-order chi connectivity index (χ0) is 27.9. The van der Waals surface area contributed by atoms with Gasteiger partial charge in [0, 0.05) is 61.9 Å². The van der Waals surface area contributed by atoms with E-state index in [1.165, 1.54) is 15.1 Å². The minimum atomic E-state index is -0.608. The summed E-state index contributed by atoms with van der Waals surface area (Å²) in [6, 6.07) is 4.71. The summed E-state index contributed by atoms with van der Waals surface area (Å²) >= 11 is 0. The van der Waals surface area contributed by atoms with Crippen molar-refractivity contribution in [3.8, 4) is 0 Å². The van der Waals surface area contributed by atoms with Gasteiger partial charge in [0.05, 0.1) is 23.5 Å². The number of ether oxygens (including phenoxy) is 1. The Morgan fingerprint density at radius 3 is 2.54 bits per heavy atom. The molecular formula is C27H31F2N7O3. The first-order valence-electron chi connectivity index (χ1n) is 12.8. The lowest BCUT2D eigenvalue weighted by Gasteiger charge is -2.37. The largest absolute Gasteiger partial charge is 0.444 e. The van der Waals surface area contributed by atoms with Gasteiger partial charge >= 0.3 is 6.09 Å². The number of piperazine rings is 1. The van der Waals surface area contributed by atoms with E-state index in [1.807, 2.05) is 26.8 Å². The van der Waals surface area contributed by atoms with Crippen LogP contribution in [0.1, 0.15) is 36.8 Å². The summed E-state index contributed by atoms with van der Waals surface area (Å²) in [5.41, 5.74) is 2.04. The molecule has 1 aromatic carbocycles. The molecule has 12 heteroatoms. The van der Waals surface area contributed by atoms with E-state index in [9.17, 15) is 18.4 Å². The standard InChI is InChI=1S/C27H31F2N7O3/c1-17-14-35-15-18(13-21(29)24(35)30-17)31-25(37)19-5-6-22(20-16-36(8-7-28)32-23(19)20)33-9-11-34(12-10-33)26(38)39-27(2,3)4/h5-6,13-16H,7-12H2,1-4H3,(H,31,37). The summed E-state index contributed by atoms with van der Waals surface area (Å²) < 4.78 is 36.2. The third-order valence-electron chi connectivity index (χ3n) is 6.42. The summed E-state index contributed by atoms with van der Waals surface area (Å²) in [5.74, 6) is -1.03. The number of halogens is 2. The molecule has 0 bridgehead atoms. The molecule has 0 atom stereocenters. The second-order valence-electron chi connectivity index (χ2n) is 10.6. The molecule has 4 aromatic rings. The molecule has 1 aliphatic rings. The Morgan fingerprint density at radius 2 is 1.85 bits per heavy atom. The first-order valence-corrected chi connectivity index (χ1v) is 12.8. The Hall–Kier alpha value is -4.22. The molecule has 2 amide bonds. The van der Waals surface area contributed by atoms with Crippen molar-refractivity contribution in [2.45, 2.75) is 39.8 Å². The fourth-order valence-electron chi connectivity index (χ4n) is 4.70. The van der Waals surface area contributed by atoms with Gasteiger partial charge in [-0.15, -0.1) is 0 Å². The third kappa shape index (κ3) is 5.50. The summed E-state index contributed by atoms with van der Waals surface area (Å²) in [5, 5.41) is 7.93. The molecule has 39 heavy (non-hydrogen) atoms. The van der Waals surface area contributed by atoms with Crippen molar-refractivity contribution in [2.24, 2.45) is 0 Å². The number of alkyl halides is 1. The van der Waals surface area contributed by atoms with E-state index in [0.29, 0.717) is 42.8 Å². The first kappa shape index (κ1) is 26.4. The highest BCUT2D eigenvalue weighted by atomic mass is 19.1. The van der Waals surface area contributed by atoms with Crippen molar-refractivity contribution in [2.75, 3.05) is 43.1 Å². The van der Waals surface area contributed by atoms with Gasteiger partial charge in [-0.3, -0.25) is 9.48 Å². The fraction of sp³-hybridized carbons (Fsp3) is 0.407. The quantitative estimate of drug-likeness (QED) is 0.404. The third-order valence-corrected chi connectivity index (χ3v) is 6.42. The summed E-state index contributed by atoms with van der Waals surface area (Å²) in [6.45, 7) is 8.74. The molecule has 5 rings (SSSR count). The number of amides is 2. The van der Waals surface area contributed by atoms with Gasteiger partial charge in [-0.1, -0.05) is 0 Å². The van der Waals surface area contributed by atoms with Crippen LogP contribution in [0.15, 0.2) is 36.8 Å². The van der Waals surface area contributed by atoms with Crippen molar-refractivity contribution in [1.82, 2.24) is 24.1 Å². The number of hydrogen-bond donors (Lipinski definition) is 1. The maximum atomic E-state index is 14.5. The lowest BCUT2D eigenvalue weighted by atomic mass is 10.1. The van der Waals surface area contributed by atoms with Gasteiger partial charge < -0.3 is 24.3 Å². The minimum absolute atomic E-state index is 0.0451. The predicted molar refractivity (Wildman–Crippen MR) is 144 cm³/mol. The maximum absolute atomic E-state index is 14.5. The van der Waals surface area contributed by atoms with Crippen LogP contribution >= 0.6 is 0 Å². The van der Waals surface area contributed by atoms with Crippen LogP contribution in [0.3, 0.4) is 0 Å². The molecule has 0 spiro atoms. The van der Waals surface area contributed by atoms with Crippen LogP contribution in [0.5, 0.6) is 0 Å². The number of hydrogen-bond acceptors (Lipinski definition) is 6. The van der Waals surface area contributed by atoms with Crippen LogP contribution in [0.2, 0.25) is 0 Å². The van der Waals surface area contributed by atoms with Crippen LogP contribution in [0.25, 0.3) is 16.6 Å². The average molecular weight is 540 g/mol. The fourth-order valence-corrected chi connectivity index (χ4v) is 4.70. The number of carbonyl (C=O) groups excluding carboxylic acids is 2. The van der Waals surface area contributed by atoms with Gasteiger partial charge in [0.25, 0.3) is 5.91 Å². The smallest absolute Gasteiger partial charge is 0.410 e. The van der Waals surface area contributed by atoms with E-state index in [0.717, 1.165) is 5.69 Å². The highest BCUT2D eigenvalue weighted by Gasteiger charge is 2.27. The first-order chi connectivity index (χ1) is 18.5. The molecule has 1 N–H and O–H groups in total. The van der Waals surface area contributed by atoms with Crippen molar-refractivity contribution in [3.05, 3.63) is 53.9 Å². The lowest BCUT2D eigenvalue weighted by molar-refractivity contribution is 0.0240. The highest BCUT2D eigenvalue weighted by Crippen LogP contribution is 2.31. The number of carbonyl (C=O) groups is 2. The second kappa shape index (κ2) is 10.2. The zero-order valence-electron chi connectivity index (χ0n) is 22.4. The highest BCUT2D eigenvalue weighted by molar-refractivity contribution is 6.13. The van der Waals surface area contributed by atoms with Gasteiger partial charge in [-0.25, -0.2) is 18.6 Å². The zero-order valence-corrected chi connectivity index (χ0v) is 22.4.